The summed E-state index contributed by atoms with van der Waals surface area (Å²) in [4.78, 5) is 17.8. The molecule has 26 heavy (non-hydrogen) atoms. The van der Waals surface area contributed by atoms with Crippen molar-refractivity contribution in [3.63, 3.8) is 0 Å². The zero-order valence-corrected chi connectivity index (χ0v) is 15.8. The summed E-state index contributed by atoms with van der Waals surface area (Å²) in [6.45, 7) is 4.62. The molecule has 1 fully saturated rings. The summed E-state index contributed by atoms with van der Waals surface area (Å²) in [6, 6.07) is 13.9. The van der Waals surface area contributed by atoms with Crippen molar-refractivity contribution in [2.75, 3.05) is 11.9 Å². The molecule has 0 bridgehead atoms. The smallest absolute Gasteiger partial charge is 0.235 e. The molecule has 1 saturated carbocycles. The van der Waals surface area contributed by atoms with E-state index in [0.29, 0.717) is 12.5 Å². The van der Waals surface area contributed by atoms with Crippen molar-refractivity contribution in [3.8, 4) is 5.88 Å². The van der Waals surface area contributed by atoms with E-state index in [1.165, 1.54) is 6.42 Å². The monoisotopic (exact) mass is 352 g/mol. The number of anilines is 1. The summed E-state index contributed by atoms with van der Waals surface area (Å²) >= 11 is 0. The number of nitrogens with zero attached hydrogens (tertiary/aromatic N) is 1. The van der Waals surface area contributed by atoms with Crippen molar-refractivity contribution in [2.24, 2.45) is 0 Å². The van der Waals surface area contributed by atoms with Crippen molar-refractivity contribution < 1.29 is 9.53 Å². The molecule has 0 radical (unpaired) electrons. The number of rotatable bonds is 6. The predicted molar refractivity (Wildman–Crippen MR) is 105 cm³/mol. The summed E-state index contributed by atoms with van der Waals surface area (Å²) in [5.41, 5.74) is 2.22. The van der Waals surface area contributed by atoms with E-state index in [0.717, 1.165) is 49.0 Å². The predicted octanol–water partition coefficient (Wildman–Crippen LogP) is 5.02. The Hall–Kier alpha value is -2.36. The molecule has 1 aliphatic carbocycles. The molecule has 1 aromatic heterocycles. The maximum atomic E-state index is 13.3. The van der Waals surface area contributed by atoms with Crippen LogP contribution in [0.5, 0.6) is 5.88 Å². The van der Waals surface area contributed by atoms with Gasteiger partial charge in [0.2, 0.25) is 11.8 Å². The molecule has 4 nitrogen and oxygen atoms in total. The van der Waals surface area contributed by atoms with E-state index in [4.69, 9.17) is 4.74 Å². The summed E-state index contributed by atoms with van der Waals surface area (Å²) in [6.07, 6.45) is 6.11. The number of pyridine rings is 1. The van der Waals surface area contributed by atoms with E-state index in [-0.39, 0.29) is 5.91 Å². The van der Waals surface area contributed by atoms with Crippen LogP contribution in [0.1, 0.15) is 56.7 Å². The SMILES string of the molecule is CCCOc1ccc(NC(=O)C2(c3ccccc3)CCCCC2)c(C)n1. The molecule has 0 atom stereocenters. The van der Waals surface area contributed by atoms with E-state index in [1.54, 1.807) is 0 Å². The van der Waals surface area contributed by atoms with Crippen molar-refractivity contribution in [3.05, 3.63) is 53.7 Å². The lowest BCUT2D eigenvalue weighted by Crippen LogP contribution is -2.42. The molecular weight excluding hydrogens is 324 g/mol. The van der Waals surface area contributed by atoms with E-state index >= 15 is 0 Å². The fourth-order valence-corrected chi connectivity index (χ4v) is 3.76. The molecule has 0 saturated heterocycles. The molecule has 1 amide bonds. The largest absolute Gasteiger partial charge is 0.478 e. The third-order valence-electron chi connectivity index (χ3n) is 5.23. The van der Waals surface area contributed by atoms with Crippen molar-refractivity contribution in [2.45, 2.75) is 57.8 Å². The first-order valence-corrected chi connectivity index (χ1v) is 9.63. The number of benzene rings is 1. The second-order valence-electron chi connectivity index (χ2n) is 7.09. The summed E-state index contributed by atoms with van der Waals surface area (Å²) in [5.74, 6) is 0.688. The second-order valence-corrected chi connectivity index (χ2v) is 7.09. The van der Waals surface area contributed by atoms with Crippen LogP contribution in [-0.4, -0.2) is 17.5 Å². The van der Waals surface area contributed by atoms with Gasteiger partial charge in [-0.2, -0.15) is 0 Å². The number of aromatic nitrogens is 1. The highest BCUT2D eigenvalue weighted by atomic mass is 16.5. The van der Waals surface area contributed by atoms with Crippen LogP contribution in [0.4, 0.5) is 5.69 Å². The van der Waals surface area contributed by atoms with E-state index < -0.39 is 5.41 Å². The van der Waals surface area contributed by atoms with Gasteiger partial charge in [-0.3, -0.25) is 4.79 Å². The minimum Gasteiger partial charge on any atom is -0.478 e. The molecule has 0 aliphatic heterocycles. The Morgan fingerprint density at radius 1 is 1.12 bits per heavy atom. The number of amides is 1. The lowest BCUT2D eigenvalue weighted by Gasteiger charge is -2.36. The highest BCUT2D eigenvalue weighted by Crippen LogP contribution is 2.40. The topological polar surface area (TPSA) is 51.2 Å². The Bertz CT molecular complexity index is 737. The van der Waals surface area contributed by atoms with E-state index in [1.807, 2.05) is 37.3 Å². The average molecular weight is 352 g/mol. The molecule has 0 unspecified atom stereocenters. The molecule has 3 rings (SSSR count). The average Bonchev–Trinajstić information content (AvgIpc) is 2.69. The molecule has 1 heterocycles. The highest BCUT2D eigenvalue weighted by molar-refractivity contribution is 5.99. The molecule has 0 spiro atoms. The first-order chi connectivity index (χ1) is 12.7. The quantitative estimate of drug-likeness (QED) is 0.794. The van der Waals surface area contributed by atoms with Crippen LogP contribution in [0, 0.1) is 6.92 Å². The maximum absolute atomic E-state index is 13.3. The normalized spacial score (nSPS) is 16.1. The van der Waals surface area contributed by atoms with Gasteiger partial charge >= 0.3 is 0 Å². The number of hydrogen-bond acceptors (Lipinski definition) is 3. The molecule has 1 aromatic carbocycles. The molecular formula is C22H28N2O2. The van der Waals surface area contributed by atoms with E-state index in [2.05, 4.69) is 29.4 Å². The van der Waals surface area contributed by atoms with Gasteiger partial charge in [0.05, 0.1) is 23.4 Å². The van der Waals surface area contributed by atoms with Gasteiger partial charge in [-0.15, -0.1) is 0 Å². The van der Waals surface area contributed by atoms with Crippen LogP contribution in [-0.2, 0) is 10.2 Å². The van der Waals surface area contributed by atoms with Crippen molar-refractivity contribution in [1.82, 2.24) is 4.98 Å². The number of ether oxygens (including phenoxy) is 1. The van der Waals surface area contributed by atoms with E-state index in [9.17, 15) is 4.79 Å². The summed E-state index contributed by atoms with van der Waals surface area (Å²) in [5, 5.41) is 3.15. The molecule has 1 aliphatic rings. The van der Waals surface area contributed by atoms with Gasteiger partial charge in [0.25, 0.3) is 0 Å². The first kappa shape index (κ1) is 18.4. The minimum atomic E-state index is -0.441. The fraction of sp³-hybridized carbons (Fsp3) is 0.455. The zero-order valence-electron chi connectivity index (χ0n) is 15.8. The Balaban J connectivity index is 1.82. The number of aryl methyl sites for hydroxylation is 1. The molecule has 138 valence electrons. The molecule has 2 aromatic rings. The Morgan fingerprint density at radius 3 is 2.50 bits per heavy atom. The van der Waals surface area contributed by atoms with Crippen LogP contribution in [0.15, 0.2) is 42.5 Å². The van der Waals surface area contributed by atoms with Crippen LogP contribution in [0.2, 0.25) is 0 Å². The Kier molecular flexibility index (Phi) is 5.92. The first-order valence-electron chi connectivity index (χ1n) is 9.63. The number of carbonyl (C=O) groups excluding carboxylic acids is 1. The summed E-state index contributed by atoms with van der Waals surface area (Å²) < 4.78 is 5.58. The van der Waals surface area contributed by atoms with Gasteiger partial charge in [0.15, 0.2) is 0 Å². The van der Waals surface area contributed by atoms with Crippen LogP contribution in [0.25, 0.3) is 0 Å². The van der Waals surface area contributed by atoms with Gasteiger partial charge in [0.1, 0.15) is 0 Å². The fourth-order valence-electron chi connectivity index (χ4n) is 3.76. The lowest BCUT2D eigenvalue weighted by molar-refractivity contribution is -0.122. The van der Waals surface area contributed by atoms with Gasteiger partial charge in [-0.25, -0.2) is 4.98 Å². The standard InChI is InChI=1S/C22H28N2O2/c1-3-16-26-20-13-12-19(17(2)23-20)24-21(25)22(14-8-5-9-15-22)18-10-6-4-7-11-18/h4,6-7,10-13H,3,5,8-9,14-16H2,1-2H3,(H,24,25). The Labute approximate surface area is 156 Å². The highest BCUT2D eigenvalue weighted by Gasteiger charge is 2.41. The van der Waals surface area contributed by atoms with Crippen LogP contribution >= 0.6 is 0 Å². The third kappa shape index (κ3) is 3.90. The van der Waals surface area contributed by atoms with Crippen molar-refractivity contribution >= 4 is 11.6 Å². The van der Waals surface area contributed by atoms with Crippen molar-refractivity contribution in [1.29, 1.82) is 0 Å². The number of nitrogens with one attached hydrogen (secondary N) is 1. The lowest BCUT2D eigenvalue weighted by atomic mass is 9.68. The molecule has 4 heteroatoms. The molecule has 1 N–H and O–H groups in total. The van der Waals surface area contributed by atoms with Crippen LogP contribution < -0.4 is 10.1 Å². The Morgan fingerprint density at radius 2 is 1.85 bits per heavy atom. The number of carbonyl (C=O) groups is 1. The zero-order chi connectivity index (χ0) is 18.4. The van der Waals surface area contributed by atoms with Gasteiger partial charge in [-0.1, -0.05) is 56.5 Å². The van der Waals surface area contributed by atoms with Gasteiger partial charge in [-0.05, 0) is 37.8 Å². The third-order valence-corrected chi connectivity index (χ3v) is 5.23. The minimum absolute atomic E-state index is 0.0792. The van der Waals surface area contributed by atoms with Crippen LogP contribution in [0.3, 0.4) is 0 Å². The number of hydrogen-bond donors (Lipinski definition) is 1. The summed E-state index contributed by atoms with van der Waals surface area (Å²) in [7, 11) is 0. The second kappa shape index (κ2) is 8.35. The maximum Gasteiger partial charge on any atom is 0.235 e. The van der Waals surface area contributed by atoms with Gasteiger partial charge < -0.3 is 10.1 Å². The van der Waals surface area contributed by atoms with Gasteiger partial charge in [0, 0.05) is 6.07 Å².